The number of aryl methyl sites for hydroxylation is 2. The first-order valence-corrected chi connectivity index (χ1v) is 5.99. The zero-order valence-corrected chi connectivity index (χ0v) is 11.0. The van der Waals surface area contributed by atoms with Crippen molar-refractivity contribution in [3.05, 3.63) is 47.0 Å². The Kier molecular flexibility index (Phi) is 3.74. The highest BCUT2D eigenvalue weighted by Gasteiger charge is 2.19. The number of hydrogen-bond acceptors (Lipinski definition) is 4. The topological polar surface area (TPSA) is 68.8 Å². The van der Waals surface area contributed by atoms with Crippen molar-refractivity contribution in [3.63, 3.8) is 0 Å². The van der Waals surface area contributed by atoms with E-state index in [9.17, 15) is 0 Å². The van der Waals surface area contributed by atoms with Gasteiger partial charge < -0.3 is 0 Å². The lowest BCUT2D eigenvalue weighted by Gasteiger charge is -2.16. The van der Waals surface area contributed by atoms with Crippen LogP contribution in [0.4, 0.5) is 0 Å². The molecule has 0 saturated heterocycles. The first-order valence-electron chi connectivity index (χ1n) is 5.99. The number of aromatic nitrogens is 3. The lowest BCUT2D eigenvalue weighted by Crippen LogP contribution is -2.30. The van der Waals surface area contributed by atoms with E-state index in [4.69, 9.17) is 5.84 Å². The molecule has 0 bridgehead atoms. The van der Waals surface area contributed by atoms with E-state index in [0.29, 0.717) is 0 Å². The molecule has 2 rings (SSSR count). The molecular formula is C13H19N5. The Bertz CT molecular complexity index is 518. The van der Waals surface area contributed by atoms with E-state index in [1.807, 2.05) is 36.9 Å². The van der Waals surface area contributed by atoms with Crippen LogP contribution >= 0.6 is 0 Å². The first kappa shape index (κ1) is 12.7. The van der Waals surface area contributed by atoms with E-state index in [1.54, 1.807) is 6.20 Å². The summed E-state index contributed by atoms with van der Waals surface area (Å²) in [4.78, 5) is 4.34. The zero-order chi connectivity index (χ0) is 13.1. The van der Waals surface area contributed by atoms with Crippen LogP contribution in [0.25, 0.3) is 0 Å². The molecule has 18 heavy (non-hydrogen) atoms. The van der Waals surface area contributed by atoms with Gasteiger partial charge in [0.1, 0.15) is 0 Å². The van der Waals surface area contributed by atoms with Crippen molar-refractivity contribution >= 4 is 0 Å². The maximum atomic E-state index is 5.68. The normalized spacial score (nSPS) is 12.7. The molecule has 0 aliphatic rings. The average Bonchev–Trinajstić information content (AvgIpc) is 2.62. The van der Waals surface area contributed by atoms with Crippen molar-refractivity contribution < 1.29 is 0 Å². The van der Waals surface area contributed by atoms with Crippen LogP contribution < -0.4 is 11.3 Å². The number of hydrazine groups is 1. The predicted octanol–water partition coefficient (Wildman–Crippen LogP) is 1.18. The van der Waals surface area contributed by atoms with E-state index in [1.165, 1.54) is 0 Å². The second kappa shape index (κ2) is 5.29. The monoisotopic (exact) mass is 245 g/mol. The van der Waals surface area contributed by atoms with E-state index < -0.39 is 0 Å². The van der Waals surface area contributed by atoms with Crippen LogP contribution in [0.1, 0.15) is 28.7 Å². The number of nitrogens with one attached hydrogen (secondary N) is 1. The lowest BCUT2D eigenvalue weighted by atomic mass is 10.0. The number of pyridine rings is 1. The van der Waals surface area contributed by atoms with Gasteiger partial charge in [0.15, 0.2) is 0 Å². The van der Waals surface area contributed by atoms with Crippen molar-refractivity contribution in [2.24, 2.45) is 12.9 Å². The van der Waals surface area contributed by atoms with Gasteiger partial charge in [-0.3, -0.25) is 20.9 Å². The van der Waals surface area contributed by atoms with Crippen molar-refractivity contribution in [2.45, 2.75) is 26.3 Å². The van der Waals surface area contributed by atoms with Crippen LogP contribution in [-0.4, -0.2) is 14.8 Å². The molecule has 1 atom stereocenters. The fraction of sp³-hybridized carbons (Fsp3) is 0.385. The van der Waals surface area contributed by atoms with E-state index in [0.717, 1.165) is 29.1 Å². The van der Waals surface area contributed by atoms with Crippen molar-refractivity contribution in [1.29, 1.82) is 0 Å². The SMILES string of the molecule is Cc1nn(C)c(C)c1C(Cc1ccccn1)NN. The van der Waals surface area contributed by atoms with Crippen molar-refractivity contribution in [2.75, 3.05) is 0 Å². The molecule has 5 heteroatoms. The molecule has 0 aromatic carbocycles. The highest BCUT2D eigenvalue weighted by molar-refractivity contribution is 5.29. The standard InChI is InChI=1S/C13H19N5/c1-9-13(10(2)18(3)17-9)12(16-14)8-11-6-4-5-7-15-11/h4-7,12,16H,8,14H2,1-3H3. The van der Waals surface area contributed by atoms with Gasteiger partial charge in [0.05, 0.1) is 11.7 Å². The predicted molar refractivity (Wildman–Crippen MR) is 70.7 cm³/mol. The maximum absolute atomic E-state index is 5.68. The van der Waals surface area contributed by atoms with Gasteiger partial charge in [0.2, 0.25) is 0 Å². The molecule has 0 spiro atoms. The van der Waals surface area contributed by atoms with Gasteiger partial charge in [-0.25, -0.2) is 0 Å². The largest absolute Gasteiger partial charge is 0.272 e. The summed E-state index contributed by atoms with van der Waals surface area (Å²) in [5.74, 6) is 5.68. The Morgan fingerprint density at radius 3 is 2.67 bits per heavy atom. The Morgan fingerprint density at radius 2 is 2.17 bits per heavy atom. The molecule has 3 N–H and O–H groups in total. The smallest absolute Gasteiger partial charge is 0.0644 e. The lowest BCUT2D eigenvalue weighted by molar-refractivity contribution is 0.540. The summed E-state index contributed by atoms with van der Waals surface area (Å²) in [5, 5.41) is 4.42. The molecule has 2 aromatic heterocycles. The minimum atomic E-state index is 0.0357. The van der Waals surface area contributed by atoms with Gasteiger partial charge in [-0.1, -0.05) is 6.07 Å². The summed E-state index contributed by atoms with van der Waals surface area (Å²) in [6, 6.07) is 5.94. The number of nitrogens with zero attached hydrogens (tertiary/aromatic N) is 3. The third-order valence-corrected chi connectivity index (χ3v) is 3.25. The second-order valence-corrected chi connectivity index (χ2v) is 4.45. The van der Waals surface area contributed by atoms with E-state index in [2.05, 4.69) is 22.4 Å². The Balaban J connectivity index is 2.29. The molecule has 2 heterocycles. The third-order valence-electron chi connectivity index (χ3n) is 3.25. The molecule has 5 nitrogen and oxygen atoms in total. The molecule has 96 valence electrons. The molecule has 0 aliphatic heterocycles. The van der Waals surface area contributed by atoms with Crippen LogP contribution in [0.3, 0.4) is 0 Å². The summed E-state index contributed by atoms with van der Waals surface area (Å²) >= 11 is 0. The molecule has 0 aliphatic carbocycles. The van der Waals surface area contributed by atoms with Crippen molar-refractivity contribution in [1.82, 2.24) is 20.2 Å². The van der Waals surface area contributed by atoms with Gasteiger partial charge in [-0.05, 0) is 26.0 Å². The van der Waals surface area contributed by atoms with Gasteiger partial charge in [0, 0.05) is 36.6 Å². The number of hydrogen-bond donors (Lipinski definition) is 2. The number of nitrogens with two attached hydrogens (primary N) is 1. The molecule has 0 amide bonds. The molecule has 0 fully saturated rings. The second-order valence-electron chi connectivity index (χ2n) is 4.45. The maximum Gasteiger partial charge on any atom is 0.0644 e. The molecule has 2 aromatic rings. The zero-order valence-electron chi connectivity index (χ0n) is 11.0. The van der Waals surface area contributed by atoms with Crippen LogP contribution in [0, 0.1) is 13.8 Å². The molecular weight excluding hydrogens is 226 g/mol. The van der Waals surface area contributed by atoms with Gasteiger partial charge in [0.25, 0.3) is 0 Å². The molecule has 1 unspecified atom stereocenters. The molecule has 0 radical (unpaired) electrons. The van der Waals surface area contributed by atoms with Gasteiger partial charge in [-0.2, -0.15) is 5.10 Å². The highest BCUT2D eigenvalue weighted by Crippen LogP contribution is 2.23. The Morgan fingerprint density at radius 1 is 1.39 bits per heavy atom. The van der Waals surface area contributed by atoms with Gasteiger partial charge in [-0.15, -0.1) is 0 Å². The van der Waals surface area contributed by atoms with E-state index in [-0.39, 0.29) is 6.04 Å². The fourth-order valence-corrected chi connectivity index (χ4v) is 2.27. The van der Waals surface area contributed by atoms with Crippen LogP contribution in [-0.2, 0) is 13.5 Å². The van der Waals surface area contributed by atoms with Crippen LogP contribution in [0.5, 0.6) is 0 Å². The number of rotatable bonds is 4. The molecule has 0 saturated carbocycles. The van der Waals surface area contributed by atoms with Gasteiger partial charge >= 0.3 is 0 Å². The summed E-state index contributed by atoms with van der Waals surface area (Å²) in [5.41, 5.74) is 7.18. The van der Waals surface area contributed by atoms with E-state index >= 15 is 0 Å². The summed E-state index contributed by atoms with van der Waals surface area (Å²) in [7, 11) is 1.94. The summed E-state index contributed by atoms with van der Waals surface area (Å²) in [6.07, 6.45) is 2.55. The third kappa shape index (κ3) is 2.42. The van der Waals surface area contributed by atoms with Crippen LogP contribution in [0.2, 0.25) is 0 Å². The Labute approximate surface area is 107 Å². The Hall–Kier alpha value is -1.72. The highest BCUT2D eigenvalue weighted by atomic mass is 15.3. The average molecular weight is 245 g/mol. The minimum Gasteiger partial charge on any atom is -0.272 e. The quantitative estimate of drug-likeness (QED) is 0.627. The van der Waals surface area contributed by atoms with Crippen molar-refractivity contribution in [3.8, 4) is 0 Å². The first-order chi connectivity index (χ1) is 8.63. The van der Waals surface area contributed by atoms with Crippen LogP contribution in [0.15, 0.2) is 24.4 Å². The summed E-state index contributed by atoms with van der Waals surface area (Å²) in [6.45, 7) is 4.06. The fourth-order valence-electron chi connectivity index (χ4n) is 2.27. The summed E-state index contributed by atoms with van der Waals surface area (Å²) < 4.78 is 1.88. The minimum absolute atomic E-state index is 0.0357.